The molecule has 0 aliphatic carbocycles. The summed E-state index contributed by atoms with van der Waals surface area (Å²) < 4.78 is 1.12. The van der Waals surface area contributed by atoms with Gasteiger partial charge in [0.2, 0.25) is 5.91 Å². The molecular formula is C12H19BrN2OS. The number of hydrogen-bond acceptors (Lipinski definition) is 3. The molecule has 0 saturated carbocycles. The highest BCUT2D eigenvalue weighted by molar-refractivity contribution is 9.11. The van der Waals surface area contributed by atoms with E-state index in [-0.39, 0.29) is 11.9 Å². The lowest BCUT2D eigenvalue weighted by molar-refractivity contribution is -0.122. The number of hydrogen-bond donors (Lipinski definition) is 2. The second-order valence-electron chi connectivity index (χ2n) is 3.95. The van der Waals surface area contributed by atoms with E-state index in [4.69, 9.17) is 0 Å². The molecular weight excluding hydrogens is 300 g/mol. The second-order valence-corrected chi connectivity index (χ2v) is 6.50. The predicted octanol–water partition coefficient (Wildman–Crippen LogP) is 2.91. The summed E-state index contributed by atoms with van der Waals surface area (Å²) in [6.07, 6.45) is 2.14. The van der Waals surface area contributed by atoms with Gasteiger partial charge >= 0.3 is 0 Å². The zero-order valence-electron chi connectivity index (χ0n) is 10.3. The van der Waals surface area contributed by atoms with E-state index in [2.05, 4.69) is 39.6 Å². The first-order valence-electron chi connectivity index (χ1n) is 5.88. The van der Waals surface area contributed by atoms with Crippen LogP contribution >= 0.6 is 27.3 Å². The van der Waals surface area contributed by atoms with Crippen LogP contribution in [0.5, 0.6) is 0 Å². The lowest BCUT2D eigenvalue weighted by Gasteiger charge is -2.13. The van der Waals surface area contributed by atoms with Crippen LogP contribution in [0.4, 0.5) is 0 Å². The van der Waals surface area contributed by atoms with Crippen LogP contribution in [0.2, 0.25) is 0 Å². The molecule has 0 spiro atoms. The van der Waals surface area contributed by atoms with Crippen LogP contribution in [-0.2, 0) is 11.3 Å². The van der Waals surface area contributed by atoms with Crippen molar-refractivity contribution >= 4 is 33.2 Å². The number of thiophene rings is 1. The molecule has 0 fully saturated rings. The van der Waals surface area contributed by atoms with Crippen LogP contribution in [0.15, 0.2) is 15.9 Å². The number of carbonyl (C=O) groups is 1. The summed E-state index contributed by atoms with van der Waals surface area (Å²) in [6.45, 7) is 5.51. The molecule has 96 valence electrons. The average molecular weight is 319 g/mol. The Labute approximate surface area is 115 Å². The molecule has 0 aromatic carbocycles. The van der Waals surface area contributed by atoms with Crippen LogP contribution in [0.25, 0.3) is 0 Å². The minimum Gasteiger partial charge on any atom is -0.355 e. The monoisotopic (exact) mass is 318 g/mol. The maximum absolute atomic E-state index is 11.7. The molecule has 1 aromatic heterocycles. The van der Waals surface area contributed by atoms with Gasteiger partial charge in [-0.05, 0) is 41.4 Å². The summed E-state index contributed by atoms with van der Waals surface area (Å²) in [5, 5.41) is 6.13. The highest BCUT2D eigenvalue weighted by Gasteiger charge is 2.11. The highest BCUT2D eigenvalue weighted by Crippen LogP contribution is 2.21. The van der Waals surface area contributed by atoms with Gasteiger partial charge in [0.15, 0.2) is 0 Å². The van der Waals surface area contributed by atoms with Crippen LogP contribution in [0.1, 0.15) is 31.6 Å². The maximum atomic E-state index is 11.7. The van der Waals surface area contributed by atoms with Crippen molar-refractivity contribution in [2.75, 3.05) is 6.54 Å². The Balaban J connectivity index is 2.24. The van der Waals surface area contributed by atoms with Crippen molar-refractivity contribution in [3.8, 4) is 0 Å². The summed E-state index contributed by atoms with van der Waals surface area (Å²) in [7, 11) is 0. The molecule has 0 aliphatic rings. The average Bonchev–Trinajstić information content (AvgIpc) is 2.72. The fraction of sp³-hybridized carbons (Fsp3) is 0.583. The molecule has 1 amide bonds. The van der Waals surface area contributed by atoms with E-state index in [9.17, 15) is 4.79 Å². The fourth-order valence-electron chi connectivity index (χ4n) is 1.33. The van der Waals surface area contributed by atoms with Gasteiger partial charge in [0.05, 0.1) is 9.83 Å². The molecule has 1 aromatic rings. The van der Waals surface area contributed by atoms with E-state index in [1.165, 1.54) is 4.88 Å². The van der Waals surface area contributed by atoms with Gasteiger partial charge in [-0.15, -0.1) is 11.3 Å². The number of amides is 1. The lowest BCUT2D eigenvalue weighted by atomic mass is 10.3. The van der Waals surface area contributed by atoms with Gasteiger partial charge in [0, 0.05) is 18.0 Å². The predicted molar refractivity (Wildman–Crippen MR) is 76.2 cm³/mol. The van der Waals surface area contributed by atoms with Crippen LogP contribution in [0, 0.1) is 0 Å². The summed E-state index contributed by atoms with van der Waals surface area (Å²) in [5.74, 6) is 0.0778. The van der Waals surface area contributed by atoms with E-state index in [1.54, 1.807) is 11.3 Å². The Hall–Kier alpha value is -0.390. The normalized spacial score (nSPS) is 12.4. The molecule has 0 aliphatic heterocycles. The van der Waals surface area contributed by atoms with Crippen molar-refractivity contribution in [1.82, 2.24) is 10.6 Å². The highest BCUT2D eigenvalue weighted by atomic mass is 79.9. The lowest BCUT2D eigenvalue weighted by Crippen LogP contribution is -2.42. The van der Waals surface area contributed by atoms with Crippen molar-refractivity contribution in [1.29, 1.82) is 0 Å². The third-order valence-corrected chi connectivity index (χ3v) is 4.06. The Morgan fingerprint density at radius 2 is 2.29 bits per heavy atom. The van der Waals surface area contributed by atoms with Crippen LogP contribution in [0.3, 0.4) is 0 Å². The topological polar surface area (TPSA) is 41.1 Å². The third-order valence-electron chi connectivity index (χ3n) is 2.43. The molecule has 17 heavy (non-hydrogen) atoms. The molecule has 1 atom stereocenters. The van der Waals surface area contributed by atoms with E-state index >= 15 is 0 Å². The van der Waals surface area contributed by atoms with Gasteiger partial charge in [-0.2, -0.15) is 0 Å². The zero-order valence-corrected chi connectivity index (χ0v) is 12.7. The molecule has 3 nitrogen and oxygen atoms in total. The molecule has 1 rings (SSSR count). The van der Waals surface area contributed by atoms with Crippen molar-refractivity contribution in [2.24, 2.45) is 0 Å². The van der Waals surface area contributed by atoms with Gasteiger partial charge in [-0.1, -0.05) is 13.3 Å². The first kappa shape index (κ1) is 14.7. The Bertz CT molecular complexity index is 354. The fourth-order valence-corrected chi connectivity index (χ4v) is 2.77. The minimum absolute atomic E-state index is 0.0778. The van der Waals surface area contributed by atoms with E-state index in [0.29, 0.717) is 0 Å². The van der Waals surface area contributed by atoms with Gasteiger partial charge in [-0.25, -0.2) is 0 Å². The SMILES string of the molecule is CCCCNC(=O)C(C)NCc1ccc(Br)s1. The standard InChI is InChI=1S/C12H19BrN2OS/c1-3-4-7-14-12(16)9(2)15-8-10-5-6-11(13)17-10/h5-6,9,15H,3-4,7-8H2,1-2H3,(H,14,16). The molecule has 1 unspecified atom stereocenters. The Kier molecular flexibility index (Phi) is 6.77. The van der Waals surface area contributed by atoms with Crippen molar-refractivity contribution in [3.05, 3.63) is 20.8 Å². The summed E-state index contributed by atoms with van der Waals surface area (Å²) in [5.41, 5.74) is 0. The van der Waals surface area contributed by atoms with Gasteiger partial charge in [0.25, 0.3) is 0 Å². The Morgan fingerprint density at radius 3 is 2.88 bits per heavy atom. The van der Waals surface area contributed by atoms with Gasteiger partial charge < -0.3 is 10.6 Å². The maximum Gasteiger partial charge on any atom is 0.236 e. The molecule has 2 N–H and O–H groups in total. The second kappa shape index (κ2) is 7.84. The van der Waals surface area contributed by atoms with Crippen molar-refractivity contribution in [3.63, 3.8) is 0 Å². The van der Waals surface area contributed by atoms with Gasteiger partial charge in [0.1, 0.15) is 0 Å². The van der Waals surface area contributed by atoms with Crippen molar-refractivity contribution < 1.29 is 4.79 Å². The molecule has 0 bridgehead atoms. The number of nitrogens with one attached hydrogen (secondary N) is 2. The number of unbranched alkanes of at least 4 members (excludes halogenated alkanes) is 1. The van der Waals surface area contributed by atoms with E-state index < -0.39 is 0 Å². The minimum atomic E-state index is -0.146. The van der Waals surface area contributed by atoms with Gasteiger partial charge in [-0.3, -0.25) is 4.79 Å². The van der Waals surface area contributed by atoms with Crippen LogP contribution in [-0.4, -0.2) is 18.5 Å². The summed E-state index contributed by atoms with van der Waals surface area (Å²) in [6, 6.07) is 3.93. The number of carbonyl (C=O) groups excluding carboxylic acids is 1. The zero-order chi connectivity index (χ0) is 12.7. The summed E-state index contributed by atoms with van der Waals surface area (Å²) in [4.78, 5) is 12.9. The quantitative estimate of drug-likeness (QED) is 0.759. The largest absolute Gasteiger partial charge is 0.355 e. The van der Waals surface area contributed by atoms with E-state index in [1.807, 2.05) is 13.0 Å². The number of halogens is 1. The Morgan fingerprint density at radius 1 is 1.53 bits per heavy atom. The molecule has 1 heterocycles. The first-order valence-corrected chi connectivity index (χ1v) is 7.49. The smallest absolute Gasteiger partial charge is 0.236 e. The first-order chi connectivity index (χ1) is 8.13. The van der Waals surface area contributed by atoms with E-state index in [0.717, 1.165) is 29.7 Å². The molecule has 5 heteroatoms. The third kappa shape index (κ3) is 5.66. The van der Waals surface area contributed by atoms with Crippen molar-refractivity contribution in [2.45, 2.75) is 39.3 Å². The molecule has 0 saturated heterocycles. The number of rotatable bonds is 7. The summed E-state index contributed by atoms with van der Waals surface area (Å²) >= 11 is 5.11. The molecule has 0 radical (unpaired) electrons. The van der Waals surface area contributed by atoms with Crippen LogP contribution < -0.4 is 10.6 Å².